The lowest BCUT2D eigenvalue weighted by Crippen LogP contribution is -2.29. The topological polar surface area (TPSA) is 101 Å². The third-order valence-corrected chi connectivity index (χ3v) is 19.8. The third-order valence-electron chi connectivity index (χ3n) is 17.6. The van der Waals surface area contributed by atoms with Gasteiger partial charge < -0.3 is 8.74 Å². The molecule has 0 N–H and O–H groups in total. The Labute approximate surface area is 315 Å². The SMILES string of the molecule is O=S(=O)([O-])c1c(F)c(F)c(OS(=O)(=O)c2c(C3CC4CC3C3CCCC43)cc(C3CC4CC3C3CCCC43)cc2C2CC3CC2C2CCCC32)c(F)c1F. The number of fused-ring (bicyclic) bond motifs is 15. The fourth-order valence-corrected chi connectivity index (χ4v) is 18.2. The summed E-state index contributed by atoms with van der Waals surface area (Å²) in [6, 6.07) is 4.19. The van der Waals surface area contributed by atoms with Crippen molar-refractivity contribution in [2.24, 2.45) is 71.0 Å². The van der Waals surface area contributed by atoms with Crippen LogP contribution in [0, 0.1) is 94.3 Å². The number of hydrogen-bond acceptors (Lipinski definition) is 6. The van der Waals surface area contributed by atoms with Gasteiger partial charge in [-0.25, -0.2) is 17.2 Å². The molecule has 0 amide bonds. The van der Waals surface area contributed by atoms with Gasteiger partial charge in [0, 0.05) is 0 Å². The van der Waals surface area contributed by atoms with Crippen molar-refractivity contribution in [3.63, 3.8) is 0 Å². The minimum Gasteiger partial charge on any atom is -0.744 e. The molecule has 15 unspecified atom stereocenters. The molecule has 9 fully saturated rings. The van der Waals surface area contributed by atoms with Crippen molar-refractivity contribution < 1.29 is 43.1 Å². The number of rotatable bonds is 7. The van der Waals surface area contributed by atoms with E-state index in [1.54, 1.807) is 0 Å². The minimum atomic E-state index is -5.99. The highest BCUT2D eigenvalue weighted by atomic mass is 32.2. The molecule has 0 heterocycles. The standard InChI is InChI=1S/C42H48F4O6S2/c43-36-38(45)42(53(47,48)49)39(46)37(44)40(36)52-54(50,51)41-34(32-14-19-12-30(32)26-8-2-5-23(19)26)16-21(28-10-18-11-29(28)25-7-1-4-22(18)25)17-35(41)33-15-20-13-31(33)27-9-3-6-24(20)27/h16-20,22-33H,1-15H2,(H,47,48,49)/p-1. The lowest BCUT2D eigenvalue weighted by Gasteiger charge is -2.38. The molecule has 0 aliphatic heterocycles. The van der Waals surface area contributed by atoms with Crippen LogP contribution < -0.4 is 4.18 Å². The van der Waals surface area contributed by atoms with E-state index in [0.717, 1.165) is 63.7 Å². The molecule has 0 radical (unpaired) electrons. The molecule has 9 saturated carbocycles. The normalized spacial score (nSPS) is 42.6. The summed E-state index contributed by atoms with van der Waals surface area (Å²) in [5, 5.41) is 0. The van der Waals surface area contributed by atoms with E-state index in [-0.39, 0.29) is 28.6 Å². The molecule has 11 rings (SSSR count). The van der Waals surface area contributed by atoms with Crippen LogP contribution in [-0.2, 0) is 20.2 Å². The predicted octanol–water partition coefficient (Wildman–Crippen LogP) is 9.53. The van der Waals surface area contributed by atoms with Crippen LogP contribution in [0.1, 0.15) is 131 Å². The molecular weight excluding hydrogens is 741 g/mol. The lowest BCUT2D eigenvalue weighted by atomic mass is 9.68. The van der Waals surface area contributed by atoms with Gasteiger partial charge in [-0.1, -0.05) is 31.4 Å². The van der Waals surface area contributed by atoms with Crippen molar-refractivity contribution in [2.45, 2.75) is 124 Å². The van der Waals surface area contributed by atoms with E-state index >= 15 is 17.6 Å². The molecule has 0 saturated heterocycles. The molecule has 9 aliphatic carbocycles. The van der Waals surface area contributed by atoms with Crippen LogP contribution in [0.5, 0.6) is 5.75 Å². The maximum absolute atomic E-state index is 15.5. The average Bonchev–Trinajstić information content (AvgIpc) is 3.98. The Morgan fingerprint density at radius 1 is 0.500 bits per heavy atom. The highest BCUT2D eigenvalue weighted by Gasteiger charge is 2.59. The summed E-state index contributed by atoms with van der Waals surface area (Å²) >= 11 is 0. The second-order valence-electron chi connectivity index (χ2n) is 19.2. The number of hydrogen-bond donors (Lipinski definition) is 0. The van der Waals surface area contributed by atoms with E-state index in [1.807, 2.05) is 0 Å². The van der Waals surface area contributed by atoms with E-state index in [0.29, 0.717) is 70.3 Å². The minimum absolute atomic E-state index is 0.104. The largest absolute Gasteiger partial charge is 0.744 e. The fourth-order valence-electron chi connectivity index (χ4n) is 16.1. The van der Waals surface area contributed by atoms with Crippen LogP contribution in [-0.4, -0.2) is 21.4 Å². The summed E-state index contributed by atoms with van der Waals surface area (Å²) in [5.41, 5.74) is 2.45. The van der Waals surface area contributed by atoms with Crippen molar-refractivity contribution in [3.8, 4) is 5.75 Å². The Morgan fingerprint density at radius 3 is 1.31 bits per heavy atom. The first-order valence-electron chi connectivity index (χ1n) is 20.7. The highest BCUT2D eigenvalue weighted by Crippen LogP contribution is 2.68. The van der Waals surface area contributed by atoms with Crippen molar-refractivity contribution in [1.29, 1.82) is 0 Å². The monoisotopic (exact) mass is 787 g/mol. The van der Waals surface area contributed by atoms with E-state index in [4.69, 9.17) is 4.18 Å². The first-order chi connectivity index (χ1) is 25.8. The van der Waals surface area contributed by atoms with Crippen LogP contribution >= 0.6 is 0 Å². The summed E-state index contributed by atoms with van der Waals surface area (Å²) < 4.78 is 131. The van der Waals surface area contributed by atoms with E-state index in [9.17, 15) is 21.4 Å². The molecule has 6 nitrogen and oxygen atoms in total. The quantitative estimate of drug-likeness (QED) is 0.120. The Bertz CT molecular complexity index is 2080. The second-order valence-corrected chi connectivity index (χ2v) is 22.0. The molecule has 292 valence electrons. The van der Waals surface area contributed by atoms with Crippen LogP contribution in [0.3, 0.4) is 0 Å². The first-order valence-corrected chi connectivity index (χ1v) is 23.6. The average molecular weight is 788 g/mol. The van der Waals surface area contributed by atoms with E-state index in [2.05, 4.69) is 12.1 Å². The second kappa shape index (κ2) is 11.9. The van der Waals surface area contributed by atoms with Gasteiger partial charge in [0.15, 0.2) is 11.6 Å². The van der Waals surface area contributed by atoms with Crippen LogP contribution in [0.2, 0.25) is 0 Å². The molecule has 0 aromatic heterocycles. The molecule has 2 aromatic carbocycles. The van der Waals surface area contributed by atoms with Crippen molar-refractivity contribution in [3.05, 3.63) is 52.1 Å². The fraction of sp³-hybridized carbons (Fsp3) is 0.714. The van der Waals surface area contributed by atoms with Gasteiger partial charge in [0.25, 0.3) is 0 Å². The van der Waals surface area contributed by atoms with Gasteiger partial charge in [0.05, 0.1) is 0 Å². The van der Waals surface area contributed by atoms with Gasteiger partial charge >= 0.3 is 10.1 Å². The summed E-state index contributed by atoms with van der Waals surface area (Å²) in [6.45, 7) is 0. The zero-order valence-electron chi connectivity index (χ0n) is 30.2. The number of benzene rings is 2. The predicted molar refractivity (Wildman–Crippen MR) is 188 cm³/mol. The maximum Gasteiger partial charge on any atom is 0.339 e. The smallest absolute Gasteiger partial charge is 0.339 e. The summed E-state index contributed by atoms with van der Waals surface area (Å²) in [6.07, 6.45) is 16.6. The Balaban J connectivity index is 1.10. The molecule has 12 heteroatoms. The zero-order valence-corrected chi connectivity index (χ0v) is 31.8. The Kier molecular flexibility index (Phi) is 7.74. The number of halogens is 4. The Morgan fingerprint density at radius 2 is 0.889 bits per heavy atom. The van der Waals surface area contributed by atoms with Gasteiger partial charge in [-0.05, 0) is 183 Å². The lowest BCUT2D eigenvalue weighted by molar-refractivity contribution is 0.223. The molecule has 9 aliphatic rings. The summed E-state index contributed by atoms with van der Waals surface area (Å²) in [7, 11) is -11.1. The summed E-state index contributed by atoms with van der Waals surface area (Å²) in [5.74, 6) is -5.16. The van der Waals surface area contributed by atoms with Gasteiger partial charge in [0.1, 0.15) is 19.9 Å². The van der Waals surface area contributed by atoms with Gasteiger partial charge in [0.2, 0.25) is 17.4 Å². The van der Waals surface area contributed by atoms with E-state index < -0.39 is 54.2 Å². The third kappa shape index (κ3) is 4.83. The Hall–Kier alpha value is -2.18. The van der Waals surface area contributed by atoms with Gasteiger partial charge in [-0.15, -0.1) is 0 Å². The molecule has 2 aromatic rings. The maximum atomic E-state index is 15.5. The molecule has 15 atom stereocenters. The van der Waals surface area contributed by atoms with E-state index in [1.165, 1.54) is 44.1 Å². The summed E-state index contributed by atoms with van der Waals surface area (Å²) in [4.78, 5) is -2.45. The van der Waals surface area contributed by atoms with Crippen LogP contribution in [0.25, 0.3) is 0 Å². The molecule has 0 spiro atoms. The van der Waals surface area contributed by atoms with Crippen molar-refractivity contribution >= 4 is 20.2 Å². The van der Waals surface area contributed by atoms with Gasteiger partial charge in [-0.3, -0.25) is 0 Å². The zero-order chi connectivity index (χ0) is 37.2. The van der Waals surface area contributed by atoms with Crippen LogP contribution in [0.15, 0.2) is 21.9 Å². The molecular formula is C42H47F4O6S2-. The van der Waals surface area contributed by atoms with Gasteiger partial charge in [-0.2, -0.15) is 17.2 Å². The van der Waals surface area contributed by atoms with Crippen molar-refractivity contribution in [2.75, 3.05) is 0 Å². The highest BCUT2D eigenvalue weighted by molar-refractivity contribution is 7.87. The molecule has 6 bridgehead atoms. The molecule has 54 heavy (non-hydrogen) atoms. The first kappa shape index (κ1) is 35.0. The van der Waals surface area contributed by atoms with Crippen LogP contribution in [0.4, 0.5) is 17.6 Å². The van der Waals surface area contributed by atoms with Crippen molar-refractivity contribution in [1.82, 2.24) is 0 Å².